The number of nitrogens with zero attached hydrogens (tertiary/aromatic N) is 3. The maximum absolute atomic E-state index is 13.4. The molecule has 0 bridgehead atoms. The van der Waals surface area contributed by atoms with Crippen LogP contribution in [0.3, 0.4) is 0 Å². The molecule has 4 nitrogen and oxygen atoms in total. The standard InChI is InChI=1S/C18H25N3OS/c1-11(2)16-19-17-15(13-5-4-6-14(13)23-17)18(22)21(16)12-7-9-20(3)10-8-12/h11-12H,4-10H2,1-3H3. The minimum Gasteiger partial charge on any atom is -0.306 e. The third kappa shape index (κ3) is 2.45. The SMILES string of the molecule is CC(C)c1nc2sc3c(c2c(=O)n1C1CCN(C)CC1)CCC3. The Hall–Kier alpha value is -1.20. The molecule has 23 heavy (non-hydrogen) atoms. The van der Waals surface area contributed by atoms with E-state index in [-0.39, 0.29) is 11.5 Å². The maximum Gasteiger partial charge on any atom is 0.262 e. The monoisotopic (exact) mass is 331 g/mol. The second-order valence-electron chi connectivity index (χ2n) is 7.37. The summed E-state index contributed by atoms with van der Waals surface area (Å²) in [4.78, 5) is 23.1. The quantitative estimate of drug-likeness (QED) is 0.847. The molecular formula is C18H25N3OS. The van der Waals surface area contributed by atoms with Crippen LogP contribution in [0, 0.1) is 0 Å². The van der Waals surface area contributed by atoms with E-state index in [1.54, 1.807) is 11.3 Å². The normalized spacial score (nSPS) is 19.8. The zero-order chi connectivity index (χ0) is 16.1. The summed E-state index contributed by atoms with van der Waals surface area (Å²) >= 11 is 1.76. The average Bonchev–Trinajstić information content (AvgIpc) is 3.08. The summed E-state index contributed by atoms with van der Waals surface area (Å²) in [6, 6.07) is 0.310. The van der Waals surface area contributed by atoms with E-state index in [9.17, 15) is 4.79 Å². The molecule has 0 saturated carbocycles. The molecule has 3 heterocycles. The number of hydrogen-bond donors (Lipinski definition) is 0. The molecule has 1 aliphatic heterocycles. The van der Waals surface area contributed by atoms with Gasteiger partial charge in [-0.25, -0.2) is 4.98 Å². The van der Waals surface area contributed by atoms with Gasteiger partial charge in [0.2, 0.25) is 0 Å². The Morgan fingerprint density at radius 2 is 1.96 bits per heavy atom. The first-order valence-electron chi connectivity index (χ1n) is 8.81. The maximum atomic E-state index is 13.4. The van der Waals surface area contributed by atoms with Crippen LogP contribution in [0.2, 0.25) is 0 Å². The van der Waals surface area contributed by atoms with E-state index in [1.807, 2.05) is 0 Å². The Balaban J connectivity index is 1.92. The van der Waals surface area contributed by atoms with Crippen LogP contribution < -0.4 is 5.56 Å². The molecule has 2 aliphatic rings. The van der Waals surface area contributed by atoms with Gasteiger partial charge in [0.1, 0.15) is 10.7 Å². The second-order valence-corrected chi connectivity index (χ2v) is 8.46. The number of piperidine rings is 1. The summed E-state index contributed by atoms with van der Waals surface area (Å²) in [5.41, 5.74) is 1.53. The lowest BCUT2D eigenvalue weighted by Crippen LogP contribution is -2.37. The summed E-state index contributed by atoms with van der Waals surface area (Å²) < 4.78 is 2.06. The van der Waals surface area contributed by atoms with E-state index in [1.165, 1.54) is 16.9 Å². The fraction of sp³-hybridized carbons (Fsp3) is 0.667. The van der Waals surface area contributed by atoms with Crippen molar-refractivity contribution in [1.29, 1.82) is 0 Å². The van der Waals surface area contributed by atoms with Crippen LogP contribution in [-0.4, -0.2) is 34.6 Å². The van der Waals surface area contributed by atoms with Gasteiger partial charge in [-0.05, 0) is 57.8 Å². The van der Waals surface area contributed by atoms with Crippen LogP contribution in [0.5, 0.6) is 0 Å². The van der Waals surface area contributed by atoms with Crippen LogP contribution >= 0.6 is 11.3 Å². The molecule has 0 aromatic carbocycles. The van der Waals surface area contributed by atoms with Crippen molar-refractivity contribution in [3.63, 3.8) is 0 Å². The van der Waals surface area contributed by atoms with Gasteiger partial charge in [0.15, 0.2) is 0 Å². The zero-order valence-electron chi connectivity index (χ0n) is 14.3. The van der Waals surface area contributed by atoms with E-state index >= 15 is 0 Å². The number of fused-ring (bicyclic) bond motifs is 3. The van der Waals surface area contributed by atoms with Crippen LogP contribution in [0.25, 0.3) is 10.2 Å². The average molecular weight is 331 g/mol. The highest BCUT2D eigenvalue weighted by atomic mass is 32.1. The van der Waals surface area contributed by atoms with Crippen molar-refractivity contribution in [2.45, 2.75) is 57.9 Å². The van der Waals surface area contributed by atoms with Crippen molar-refractivity contribution in [2.75, 3.05) is 20.1 Å². The smallest absolute Gasteiger partial charge is 0.262 e. The van der Waals surface area contributed by atoms with Crippen molar-refractivity contribution in [3.05, 3.63) is 26.6 Å². The van der Waals surface area contributed by atoms with Gasteiger partial charge in [0.05, 0.1) is 5.39 Å². The molecule has 4 rings (SSSR count). The van der Waals surface area contributed by atoms with Crippen LogP contribution in [0.4, 0.5) is 0 Å². The van der Waals surface area contributed by atoms with Gasteiger partial charge in [-0.2, -0.15) is 0 Å². The lowest BCUT2D eigenvalue weighted by atomic mass is 10.0. The fourth-order valence-electron chi connectivity index (χ4n) is 4.08. The lowest BCUT2D eigenvalue weighted by Gasteiger charge is -2.32. The Kier molecular flexibility index (Phi) is 3.81. The highest BCUT2D eigenvalue weighted by Gasteiger charge is 2.28. The van der Waals surface area contributed by atoms with Gasteiger partial charge >= 0.3 is 0 Å². The largest absolute Gasteiger partial charge is 0.306 e. The predicted molar refractivity (Wildman–Crippen MR) is 95.8 cm³/mol. The van der Waals surface area contributed by atoms with E-state index in [0.29, 0.717) is 6.04 Å². The molecule has 0 N–H and O–H groups in total. The number of likely N-dealkylation sites (tertiary alicyclic amines) is 1. The molecule has 1 aliphatic carbocycles. The number of aromatic nitrogens is 2. The number of thiophene rings is 1. The Morgan fingerprint density at radius 3 is 2.65 bits per heavy atom. The van der Waals surface area contributed by atoms with Gasteiger partial charge in [-0.15, -0.1) is 11.3 Å². The molecule has 0 amide bonds. The van der Waals surface area contributed by atoms with E-state index in [2.05, 4.69) is 30.4 Å². The number of hydrogen-bond acceptors (Lipinski definition) is 4. The van der Waals surface area contributed by atoms with Gasteiger partial charge in [-0.1, -0.05) is 13.8 Å². The van der Waals surface area contributed by atoms with Crippen molar-refractivity contribution in [2.24, 2.45) is 0 Å². The first-order chi connectivity index (χ1) is 11.1. The third-order valence-electron chi connectivity index (χ3n) is 5.37. The second kappa shape index (κ2) is 5.71. The number of aryl methyl sites for hydroxylation is 2. The van der Waals surface area contributed by atoms with E-state index < -0.39 is 0 Å². The molecule has 124 valence electrons. The van der Waals surface area contributed by atoms with E-state index in [0.717, 1.165) is 54.8 Å². The fourth-order valence-corrected chi connectivity index (χ4v) is 5.34. The first kappa shape index (κ1) is 15.3. The highest BCUT2D eigenvalue weighted by molar-refractivity contribution is 7.18. The summed E-state index contributed by atoms with van der Waals surface area (Å²) in [7, 11) is 2.16. The van der Waals surface area contributed by atoms with E-state index in [4.69, 9.17) is 4.98 Å². The summed E-state index contributed by atoms with van der Waals surface area (Å²) in [5.74, 6) is 1.26. The van der Waals surface area contributed by atoms with Gasteiger partial charge in [0, 0.05) is 16.8 Å². The Bertz CT molecular complexity index is 797. The molecule has 1 saturated heterocycles. The minimum absolute atomic E-state index is 0.229. The van der Waals surface area contributed by atoms with Crippen LogP contribution in [-0.2, 0) is 12.8 Å². The number of rotatable bonds is 2. The molecule has 2 aromatic heterocycles. The molecule has 0 spiro atoms. The highest BCUT2D eigenvalue weighted by Crippen LogP contribution is 2.36. The van der Waals surface area contributed by atoms with Crippen molar-refractivity contribution in [1.82, 2.24) is 14.5 Å². The molecule has 1 fully saturated rings. The molecule has 5 heteroatoms. The van der Waals surface area contributed by atoms with Crippen LogP contribution in [0.1, 0.15) is 61.3 Å². The first-order valence-corrected chi connectivity index (χ1v) is 9.63. The molecule has 0 atom stereocenters. The van der Waals surface area contributed by atoms with Gasteiger partial charge < -0.3 is 4.90 Å². The molecule has 0 radical (unpaired) electrons. The Labute approximate surface area is 141 Å². The lowest BCUT2D eigenvalue weighted by molar-refractivity contribution is 0.215. The van der Waals surface area contributed by atoms with Crippen molar-refractivity contribution >= 4 is 21.6 Å². The summed E-state index contributed by atoms with van der Waals surface area (Å²) in [6.07, 6.45) is 5.48. The summed E-state index contributed by atoms with van der Waals surface area (Å²) in [5, 5.41) is 0.936. The van der Waals surface area contributed by atoms with Crippen LogP contribution in [0.15, 0.2) is 4.79 Å². The van der Waals surface area contributed by atoms with Gasteiger partial charge in [0.25, 0.3) is 5.56 Å². The Morgan fingerprint density at radius 1 is 1.22 bits per heavy atom. The van der Waals surface area contributed by atoms with Crippen molar-refractivity contribution in [3.8, 4) is 0 Å². The van der Waals surface area contributed by atoms with Crippen molar-refractivity contribution < 1.29 is 0 Å². The zero-order valence-corrected chi connectivity index (χ0v) is 15.1. The molecular weight excluding hydrogens is 306 g/mol. The minimum atomic E-state index is 0.229. The van der Waals surface area contributed by atoms with Gasteiger partial charge in [-0.3, -0.25) is 9.36 Å². The third-order valence-corrected chi connectivity index (χ3v) is 6.55. The topological polar surface area (TPSA) is 38.1 Å². The molecule has 2 aromatic rings. The summed E-state index contributed by atoms with van der Waals surface area (Å²) in [6.45, 7) is 6.43. The predicted octanol–water partition coefficient (Wildman–Crippen LogP) is 3.34. The molecule has 0 unspecified atom stereocenters.